The van der Waals surface area contributed by atoms with Crippen molar-refractivity contribution in [3.63, 3.8) is 0 Å². The highest BCUT2D eigenvalue weighted by atomic mass is 16.6. The standard InChI is InChI=1S/C41H80O5/c1-5-37(3)31-27-23-19-17-15-13-11-9-7-8-10-12-14-16-18-20-25-29-33-40(43)45-35-39(42)36-46-41(44)34-30-26-22-21-24-28-32-38(4)6-2/h37-39,42H,5-36H2,1-4H3/t37?,38?,39-/m1/s1. The number of ether oxygens (including phenoxy) is 2. The highest BCUT2D eigenvalue weighted by Crippen LogP contribution is 2.17. The zero-order chi connectivity index (χ0) is 33.9. The zero-order valence-electron chi connectivity index (χ0n) is 31.4. The van der Waals surface area contributed by atoms with Crippen molar-refractivity contribution in [3.05, 3.63) is 0 Å². The molecule has 274 valence electrons. The molecule has 0 aromatic heterocycles. The summed E-state index contributed by atoms with van der Waals surface area (Å²) in [7, 11) is 0. The number of hydrogen-bond donors (Lipinski definition) is 1. The van der Waals surface area contributed by atoms with Crippen LogP contribution in [0.25, 0.3) is 0 Å². The molecule has 0 radical (unpaired) electrons. The Labute approximate surface area is 287 Å². The van der Waals surface area contributed by atoms with E-state index >= 15 is 0 Å². The van der Waals surface area contributed by atoms with Crippen LogP contribution < -0.4 is 0 Å². The van der Waals surface area contributed by atoms with Crippen molar-refractivity contribution >= 4 is 11.9 Å². The van der Waals surface area contributed by atoms with Crippen LogP contribution in [0.1, 0.15) is 220 Å². The van der Waals surface area contributed by atoms with Crippen molar-refractivity contribution in [2.45, 2.75) is 226 Å². The normalized spacial score (nSPS) is 13.4. The van der Waals surface area contributed by atoms with Crippen LogP contribution in [0, 0.1) is 11.8 Å². The van der Waals surface area contributed by atoms with Gasteiger partial charge in [0.1, 0.15) is 19.3 Å². The SMILES string of the molecule is CCC(C)CCCCCCCCCCCCCCCCCCCCC(=O)OC[C@@H](O)COC(=O)CCCCCCCCC(C)CC. The molecule has 0 amide bonds. The van der Waals surface area contributed by atoms with Crippen molar-refractivity contribution in [3.8, 4) is 0 Å². The maximum atomic E-state index is 12.0. The molecule has 0 aliphatic carbocycles. The second-order valence-electron chi connectivity index (χ2n) is 14.6. The van der Waals surface area contributed by atoms with E-state index in [1.807, 2.05) is 0 Å². The van der Waals surface area contributed by atoms with Gasteiger partial charge in [0.2, 0.25) is 0 Å². The summed E-state index contributed by atoms with van der Waals surface area (Å²) in [4.78, 5) is 23.9. The molecule has 0 heterocycles. The van der Waals surface area contributed by atoms with Gasteiger partial charge in [0.25, 0.3) is 0 Å². The first-order valence-corrected chi connectivity index (χ1v) is 20.4. The Hall–Kier alpha value is -1.10. The van der Waals surface area contributed by atoms with Gasteiger partial charge in [-0.2, -0.15) is 0 Å². The Morgan fingerprint density at radius 2 is 0.674 bits per heavy atom. The molecule has 0 rings (SSSR count). The molecule has 5 heteroatoms. The smallest absolute Gasteiger partial charge is 0.305 e. The Balaban J connectivity index is 3.36. The van der Waals surface area contributed by atoms with Crippen molar-refractivity contribution in [1.29, 1.82) is 0 Å². The molecule has 0 fully saturated rings. The Morgan fingerprint density at radius 3 is 0.935 bits per heavy atom. The van der Waals surface area contributed by atoms with E-state index in [0.717, 1.165) is 43.9 Å². The molecule has 46 heavy (non-hydrogen) atoms. The monoisotopic (exact) mass is 653 g/mol. The minimum atomic E-state index is -0.956. The first kappa shape index (κ1) is 44.9. The summed E-state index contributed by atoms with van der Waals surface area (Å²) in [5, 5.41) is 9.99. The fourth-order valence-electron chi connectivity index (χ4n) is 6.04. The molecule has 0 bridgehead atoms. The van der Waals surface area contributed by atoms with Crippen LogP contribution in [0.2, 0.25) is 0 Å². The topological polar surface area (TPSA) is 72.8 Å². The lowest BCUT2D eigenvalue weighted by atomic mass is 9.99. The average Bonchev–Trinajstić information content (AvgIpc) is 3.06. The van der Waals surface area contributed by atoms with Gasteiger partial charge in [-0.1, -0.05) is 195 Å². The lowest BCUT2D eigenvalue weighted by molar-refractivity contribution is -0.152. The van der Waals surface area contributed by atoms with Crippen LogP contribution in [-0.4, -0.2) is 36.4 Å². The summed E-state index contributed by atoms with van der Waals surface area (Å²) in [6.07, 6.45) is 35.9. The van der Waals surface area contributed by atoms with Gasteiger partial charge in [-0.25, -0.2) is 0 Å². The van der Waals surface area contributed by atoms with E-state index < -0.39 is 6.10 Å². The third kappa shape index (κ3) is 34.2. The third-order valence-electron chi connectivity index (χ3n) is 9.92. The lowest BCUT2D eigenvalue weighted by Crippen LogP contribution is -2.25. The number of rotatable bonds is 36. The van der Waals surface area contributed by atoms with Crippen molar-refractivity contribution < 1.29 is 24.2 Å². The second kappa shape index (κ2) is 35.2. The predicted molar refractivity (Wildman–Crippen MR) is 196 cm³/mol. The van der Waals surface area contributed by atoms with Crippen molar-refractivity contribution in [2.75, 3.05) is 13.2 Å². The Kier molecular flexibility index (Phi) is 34.4. The molecule has 0 saturated carbocycles. The molecule has 0 aromatic carbocycles. The fourth-order valence-corrected chi connectivity index (χ4v) is 6.04. The van der Waals surface area contributed by atoms with Crippen LogP contribution >= 0.6 is 0 Å². The fraction of sp³-hybridized carbons (Fsp3) is 0.951. The molecule has 1 N–H and O–H groups in total. The van der Waals surface area contributed by atoms with Gasteiger partial charge in [0.15, 0.2) is 0 Å². The number of hydrogen-bond acceptors (Lipinski definition) is 5. The Morgan fingerprint density at radius 1 is 0.435 bits per heavy atom. The number of carbonyl (C=O) groups is 2. The molecule has 0 saturated heterocycles. The molecule has 0 aromatic rings. The van der Waals surface area contributed by atoms with E-state index in [4.69, 9.17) is 9.47 Å². The van der Waals surface area contributed by atoms with Gasteiger partial charge in [0, 0.05) is 12.8 Å². The van der Waals surface area contributed by atoms with Crippen LogP contribution in [0.15, 0.2) is 0 Å². The average molecular weight is 653 g/mol. The molecule has 3 atom stereocenters. The molecule has 0 aliphatic rings. The summed E-state index contributed by atoms with van der Waals surface area (Å²) in [5.41, 5.74) is 0. The molecule has 5 nitrogen and oxygen atoms in total. The molecular formula is C41H80O5. The highest BCUT2D eigenvalue weighted by molar-refractivity contribution is 5.69. The number of aliphatic hydroxyl groups excluding tert-OH is 1. The highest BCUT2D eigenvalue weighted by Gasteiger charge is 2.12. The number of esters is 2. The predicted octanol–water partition coefficient (Wildman–Crippen LogP) is 12.4. The summed E-state index contributed by atoms with van der Waals surface area (Å²) in [6.45, 7) is 9.03. The first-order valence-electron chi connectivity index (χ1n) is 20.4. The van der Waals surface area contributed by atoms with E-state index in [1.54, 1.807) is 0 Å². The lowest BCUT2D eigenvalue weighted by Gasteiger charge is -2.12. The van der Waals surface area contributed by atoms with Gasteiger partial charge in [-0.05, 0) is 24.7 Å². The van der Waals surface area contributed by atoms with Crippen molar-refractivity contribution in [1.82, 2.24) is 0 Å². The van der Waals surface area contributed by atoms with E-state index in [-0.39, 0.29) is 25.2 Å². The minimum absolute atomic E-state index is 0.110. The summed E-state index contributed by atoms with van der Waals surface area (Å²) >= 11 is 0. The minimum Gasteiger partial charge on any atom is -0.463 e. The van der Waals surface area contributed by atoms with E-state index in [9.17, 15) is 14.7 Å². The largest absolute Gasteiger partial charge is 0.463 e. The van der Waals surface area contributed by atoms with Crippen LogP contribution in [0.5, 0.6) is 0 Å². The van der Waals surface area contributed by atoms with E-state index in [0.29, 0.717) is 12.8 Å². The quantitative estimate of drug-likeness (QED) is 0.0538. The molecule has 0 spiro atoms. The number of unbranched alkanes of at least 4 members (excludes halogenated alkanes) is 22. The van der Waals surface area contributed by atoms with Crippen molar-refractivity contribution in [2.24, 2.45) is 11.8 Å². The van der Waals surface area contributed by atoms with Gasteiger partial charge in [-0.3, -0.25) is 9.59 Å². The van der Waals surface area contributed by atoms with Gasteiger partial charge < -0.3 is 14.6 Å². The van der Waals surface area contributed by atoms with Crippen LogP contribution in [-0.2, 0) is 19.1 Å². The van der Waals surface area contributed by atoms with Gasteiger partial charge in [-0.15, -0.1) is 0 Å². The maximum Gasteiger partial charge on any atom is 0.305 e. The first-order chi connectivity index (χ1) is 22.4. The second-order valence-corrected chi connectivity index (χ2v) is 14.6. The summed E-state index contributed by atoms with van der Waals surface area (Å²) in [6, 6.07) is 0. The van der Waals surface area contributed by atoms with Crippen LogP contribution in [0.4, 0.5) is 0 Å². The summed E-state index contributed by atoms with van der Waals surface area (Å²) < 4.78 is 10.3. The van der Waals surface area contributed by atoms with Gasteiger partial charge >= 0.3 is 11.9 Å². The van der Waals surface area contributed by atoms with E-state index in [2.05, 4.69) is 27.7 Å². The van der Waals surface area contributed by atoms with Gasteiger partial charge in [0.05, 0.1) is 0 Å². The number of aliphatic hydroxyl groups is 1. The third-order valence-corrected chi connectivity index (χ3v) is 9.92. The molecule has 2 unspecified atom stereocenters. The Bertz CT molecular complexity index is 651. The molecule has 0 aliphatic heterocycles. The van der Waals surface area contributed by atoms with Crippen LogP contribution in [0.3, 0.4) is 0 Å². The maximum absolute atomic E-state index is 12.0. The van der Waals surface area contributed by atoms with E-state index in [1.165, 1.54) is 148 Å². The zero-order valence-corrected chi connectivity index (χ0v) is 31.4. The summed E-state index contributed by atoms with van der Waals surface area (Å²) in [5.74, 6) is 1.19. The molecular weight excluding hydrogens is 572 g/mol. The number of carbonyl (C=O) groups excluding carboxylic acids is 2.